The van der Waals surface area contributed by atoms with Gasteiger partial charge in [0.25, 0.3) is 0 Å². The maximum Gasteiger partial charge on any atom is 0.232 e. The van der Waals surface area contributed by atoms with E-state index in [9.17, 15) is 13.2 Å². The zero-order valence-electron chi connectivity index (χ0n) is 15.6. The minimum atomic E-state index is -3.46. The molecule has 0 fully saturated rings. The number of anilines is 2. The summed E-state index contributed by atoms with van der Waals surface area (Å²) >= 11 is 0. The van der Waals surface area contributed by atoms with E-state index in [1.165, 1.54) is 11.4 Å². The number of hydrogen-bond donors (Lipinski definition) is 1. The van der Waals surface area contributed by atoms with Crippen LogP contribution in [-0.2, 0) is 14.8 Å². The summed E-state index contributed by atoms with van der Waals surface area (Å²) in [5.74, 6) is 1.01. The van der Waals surface area contributed by atoms with Crippen molar-refractivity contribution in [1.29, 1.82) is 0 Å². The lowest BCUT2D eigenvalue weighted by Gasteiger charge is -2.22. The van der Waals surface area contributed by atoms with Crippen LogP contribution in [0.4, 0.5) is 11.4 Å². The average molecular weight is 392 g/mol. The Bertz CT molecular complexity index is 866. The Kier molecular flexibility index (Phi) is 7.06. The van der Waals surface area contributed by atoms with Crippen LogP contribution in [-0.4, -0.2) is 41.3 Å². The van der Waals surface area contributed by atoms with E-state index in [1.807, 2.05) is 6.07 Å². The molecule has 2 rings (SSSR count). The fraction of sp³-hybridized carbons (Fsp3) is 0.316. The second kappa shape index (κ2) is 9.27. The first-order valence-corrected chi connectivity index (χ1v) is 10.2. The van der Waals surface area contributed by atoms with Crippen LogP contribution in [0.2, 0.25) is 0 Å². The number of sulfonamides is 1. The smallest absolute Gasteiger partial charge is 0.232 e. The maximum atomic E-state index is 12.2. The van der Waals surface area contributed by atoms with Gasteiger partial charge < -0.3 is 14.8 Å². The highest BCUT2D eigenvalue weighted by molar-refractivity contribution is 7.92. The number of para-hydroxylation sites is 2. The van der Waals surface area contributed by atoms with E-state index in [0.29, 0.717) is 29.3 Å². The third-order valence-electron chi connectivity index (χ3n) is 3.91. The zero-order chi connectivity index (χ0) is 19.9. The molecule has 27 heavy (non-hydrogen) atoms. The third-order valence-corrected chi connectivity index (χ3v) is 5.10. The summed E-state index contributed by atoms with van der Waals surface area (Å²) in [6, 6.07) is 13.9. The molecule has 0 aliphatic rings. The van der Waals surface area contributed by atoms with E-state index < -0.39 is 10.0 Å². The van der Waals surface area contributed by atoms with Gasteiger partial charge in [-0.25, -0.2) is 8.42 Å². The molecule has 0 aromatic heterocycles. The van der Waals surface area contributed by atoms with Crippen LogP contribution < -0.4 is 19.1 Å². The summed E-state index contributed by atoms with van der Waals surface area (Å²) in [7, 11) is -0.387. The molecule has 7 nitrogen and oxygen atoms in total. The number of benzene rings is 2. The Morgan fingerprint density at radius 2 is 1.70 bits per heavy atom. The molecule has 8 heteroatoms. The molecule has 0 aliphatic carbocycles. The van der Waals surface area contributed by atoms with E-state index in [1.54, 1.807) is 49.6 Å². The molecule has 0 saturated heterocycles. The first-order chi connectivity index (χ1) is 12.8. The summed E-state index contributed by atoms with van der Waals surface area (Å²) < 4.78 is 35.8. The molecule has 1 amide bonds. The molecule has 0 radical (unpaired) electrons. The minimum Gasteiger partial charge on any atom is -0.497 e. The van der Waals surface area contributed by atoms with Crippen molar-refractivity contribution in [2.24, 2.45) is 0 Å². The van der Waals surface area contributed by atoms with Crippen molar-refractivity contribution in [2.75, 3.05) is 36.6 Å². The monoisotopic (exact) mass is 392 g/mol. The lowest BCUT2D eigenvalue weighted by Crippen LogP contribution is -2.31. The number of nitrogens with one attached hydrogen (secondary N) is 1. The molecule has 1 N–H and O–H groups in total. The lowest BCUT2D eigenvalue weighted by molar-refractivity contribution is -0.116. The lowest BCUT2D eigenvalue weighted by atomic mass is 10.2. The van der Waals surface area contributed by atoms with Crippen molar-refractivity contribution in [3.05, 3.63) is 48.5 Å². The van der Waals surface area contributed by atoms with Crippen molar-refractivity contribution in [2.45, 2.75) is 12.8 Å². The molecule has 146 valence electrons. The predicted molar refractivity (Wildman–Crippen MR) is 106 cm³/mol. The predicted octanol–water partition coefficient (Wildman–Crippen LogP) is 2.89. The molecule has 0 atom stereocenters. The van der Waals surface area contributed by atoms with E-state index in [0.717, 1.165) is 6.26 Å². The first-order valence-electron chi connectivity index (χ1n) is 8.40. The second-order valence-electron chi connectivity index (χ2n) is 5.89. The normalized spacial score (nSPS) is 10.9. The van der Waals surface area contributed by atoms with E-state index >= 15 is 0 Å². The van der Waals surface area contributed by atoms with Gasteiger partial charge in [-0.1, -0.05) is 12.1 Å². The van der Waals surface area contributed by atoms with Gasteiger partial charge in [0.2, 0.25) is 15.9 Å². The molecule has 0 spiro atoms. The summed E-state index contributed by atoms with van der Waals surface area (Å²) in [5.41, 5.74) is 1.11. The highest BCUT2D eigenvalue weighted by Crippen LogP contribution is 2.24. The van der Waals surface area contributed by atoms with Gasteiger partial charge in [-0.3, -0.25) is 9.10 Å². The van der Waals surface area contributed by atoms with Gasteiger partial charge in [0.1, 0.15) is 11.5 Å². The highest BCUT2D eigenvalue weighted by atomic mass is 32.2. The third kappa shape index (κ3) is 5.89. The Morgan fingerprint density at radius 3 is 2.30 bits per heavy atom. The van der Waals surface area contributed by atoms with Crippen LogP contribution in [0.15, 0.2) is 48.5 Å². The van der Waals surface area contributed by atoms with Crippen molar-refractivity contribution >= 4 is 27.3 Å². The van der Waals surface area contributed by atoms with Gasteiger partial charge >= 0.3 is 0 Å². The largest absolute Gasteiger partial charge is 0.497 e. The Balaban J connectivity index is 1.98. The standard InChI is InChI=1S/C19H24N2O5S/c1-25-16-12-10-15(11-13-16)21(27(3,23)24)14-6-9-19(22)20-17-7-4-5-8-18(17)26-2/h4-5,7-8,10-13H,6,9,14H2,1-3H3,(H,20,22). The quantitative estimate of drug-likeness (QED) is 0.709. The van der Waals surface area contributed by atoms with Gasteiger partial charge in [-0.05, 0) is 42.8 Å². The Labute approximate surface area is 160 Å². The summed E-state index contributed by atoms with van der Waals surface area (Å²) in [6.07, 6.45) is 1.70. The van der Waals surface area contributed by atoms with Crippen molar-refractivity contribution in [1.82, 2.24) is 0 Å². The fourth-order valence-electron chi connectivity index (χ4n) is 2.58. The topological polar surface area (TPSA) is 84.9 Å². The molecule has 2 aromatic carbocycles. The van der Waals surface area contributed by atoms with Gasteiger partial charge in [-0.15, -0.1) is 0 Å². The van der Waals surface area contributed by atoms with Crippen molar-refractivity contribution in [3.8, 4) is 11.5 Å². The van der Waals surface area contributed by atoms with Crippen LogP contribution in [0.3, 0.4) is 0 Å². The van der Waals surface area contributed by atoms with Crippen LogP contribution in [0.1, 0.15) is 12.8 Å². The second-order valence-corrected chi connectivity index (χ2v) is 7.79. The van der Waals surface area contributed by atoms with E-state index in [4.69, 9.17) is 9.47 Å². The molecule has 0 heterocycles. The average Bonchev–Trinajstić information content (AvgIpc) is 2.65. The number of methoxy groups -OCH3 is 2. The van der Waals surface area contributed by atoms with Crippen LogP contribution in [0.5, 0.6) is 11.5 Å². The number of carbonyl (C=O) groups excluding carboxylic acids is 1. The molecule has 0 unspecified atom stereocenters. The SMILES string of the molecule is COc1ccc(N(CCCC(=O)Nc2ccccc2OC)S(C)(=O)=O)cc1. The Morgan fingerprint density at radius 1 is 1.04 bits per heavy atom. The van der Waals surface area contributed by atoms with Gasteiger partial charge in [0, 0.05) is 13.0 Å². The number of ether oxygens (including phenoxy) is 2. The number of hydrogen-bond acceptors (Lipinski definition) is 5. The van der Waals surface area contributed by atoms with Crippen molar-refractivity contribution in [3.63, 3.8) is 0 Å². The Hall–Kier alpha value is -2.74. The molecule has 0 bridgehead atoms. The minimum absolute atomic E-state index is 0.181. The number of rotatable bonds is 9. The van der Waals surface area contributed by atoms with Crippen LogP contribution >= 0.6 is 0 Å². The zero-order valence-corrected chi connectivity index (χ0v) is 16.5. The van der Waals surface area contributed by atoms with Crippen LogP contribution in [0.25, 0.3) is 0 Å². The molecule has 0 aliphatic heterocycles. The summed E-state index contributed by atoms with van der Waals surface area (Å²) in [5, 5.41) is 2.78. The molecule has 0 saturated carbocycles. The summed E-state index contributed by atoms with van der Waals surface area (Å²) in [6.45, 7) is 0.199. The van der Waals surface area contributed by atoms with Crippen LogP contribution in [0, 0.1) is 0 Å². The fourth-order valence-corrected chi connectivity index (χ4v) is 3.54. The molecule has 2 aromatic rings. The molecular formula is C19H24N2O5S. The van der Waals surface area contributed by atoms with Gasteiger partial charge in [-0.2, -0.15) is 0 Å². The first kappa shape index (κ1) is 20.6. The van der Waals surface area contributed by atoms with Gasteiger partial charge in [0.15, 0.2) is 0 Å². The summed E-state index contributed by atoms with van der Waals surface area (Å²) in [4.78, 5) is 12.2. The van der Waals surface area contributed by atoms with Gasteiger partial charge in [0.05, 0.1) is 31.9 Å². The number of amides is 1. The van der Waals surface area contributed by atoms with E-state index in [-0.39, 0.29) is 18.9 Å². The number of carbonyl (C=O) groups is 1. The maximum absolute atomic E-state index is 12.2. The highest BCUT2D eigenvalue weighted by Gasteiger charge is 2.18. The molecular weight excluding hydrogens is 368 g/mol. The number of nitrogens with zero attached hydrogens (tertiary/aromatic N) is 1. The van der Waals surface area contributed by atoms with E-state index in [2.05, 4.69) is 5.32 Å². The van der Waals surface area contributed by atoms with Crippen molar-refractivity contribution < 1.29 is 22.7 Å².